The molecule has 0 fully saturated rings. The van der Waals surface area contributed by atoms with Gasteiger partial charge in [0.15, 0.2) is 0 Å². The Bertz CT molecular complexity index is 1330. The lowest BCUT2D eigenvalue weighted by atomic mass is 10.1. The summed E-state index contributed by atoms with van der Waals surface area (Å²) < 4.78 is 30.4. The standard InChI is InChI=1S/C22H23N3O5S/c1-30-18-7-4-15-11-16(22(27)24-19(15)13-18)5-8-21(26)23-17-6-3-14-9-10-25(20(14)12-17)31(2,28)29/h3-4,6-7,11-13H,5,8-10H2,1-2H3,(H,23,26)(H,24,27). The lowest BCUT2D eigenvalue weighted by Gasteiger charge is -2.17. The average Bonchev–Trinajstić information content (AvgIpc) is 3.15. The topological polar surface area (TPSA) is 109 Å². The number of carbonyl (C=O) groups excluding carboxylic acids is 1. The number of ether oxygens (including phenoxy) is 1. The summed E-state index contributed by atoms with van der Waals surface area (Å²) in [4.78, 5) is 27.6. The van der Waals surface area contributed by atoms with Crippen molar-refractivity contribution in [2.24, 2.45) is 0 Å². The van der Waals surface area contributed by atoms with Crippen LogP contribution in [-0.4, -0.2) is 39.2 Å². The summed E-state index contributed by atoms with van der Waals surface area (Å²) in [7, 11) is -1.80. The van der Waals surface area contributed by atoms with Crippen molar-refractivity contribution in [3.05, 3.63) is 63.9 Å². The van der Waals surface area contributed by atoms with Crippen LogP contribution >= 0.6 is 0 Å². The number of fused-ring (bicyclic) bond motifs is 2. The minimum Gasteiger partial charge on any atom is -0.497 e. The number of pyridine rings is 1. The van der Waals surface area contributed by atoms with E-state index < -0.39 is 10.0 Å². The molecule has 9 heteroatoms. The van der Waals surface area contributed by atoms with E-state index in [1.165, 1.54) is 10.6 Å². The summed E-state index contributed by atoms with van der Waals surface area (Å²) >= 11 is 0. The minimum absolute atomic E-state index is 0.123. The molecule has 2 heterocycles. The predicted octanol–water partition coefficient (Wildman–Crippen LogP) is 2.43. The van der Waals surface area contributed by atoms with Gasteiger partial charge in [0.2, 0.25) is 15.9 Å². The first-order valence-corrected chi connectivity index (χ1v) is 11.7. The molecule has 2 aromatic carbocycles. The number of rotatable bonds is 6. The van der Waals surface area contributed by atoms with E-state index >= 15 is 0 Å². The Balaban J connectivity index is 1.46. The first kappa shape index (κ1) is 20.9. The van der Waals surface area contributed by atoms with Crippen LogP contribution in [0.5, 0.6) is 5.75 Å². The number of aryl methyl sites for hydroxylation is 1. The van der Waals surface area contributed by atoms with E-state index in [0.29, 0.717) is 41.2 Å². The highest BCUT2D eigenvalue weighted by molar-refractivity contribution is 7.92. The molecule has 1 aliphatic rings. The fraction of sp³-hybridized carbons (Fsp3) is 0.273. The number of hydrogen-bond donors (Lipinski definition) is 2. The number of nitrogens with one attached hydrogen (secondary N) is 2. The fourth-order valence-electron chi connectivity index (χ4n) is 3.78. The van der Waals surface area contributed by atoms with Gasteiger partial charge in [0, 0.05) is 30.3 Å². The third-order valence-corrected chi connectivity index (χ3v) is 6.55. The Hall–Kier alpha value is -3.33. The van der Waals surface area contributed by atoms with Crippen molar-refractivity contribution in [1.82, 2.24) is 4.98 Å². The molecule has 1 amide bonds. The molecular formula is C22H23N3O5S. The summed E-state index contributed by atoms with van der Waals surface area (Å²) in [5.74, 6) is 0.400. The van der Waals surface area contributed by atoms with Crippen molar-refractivity contribution in [2.75, 3.05) is 29.5 Å². The number of sulfonamides is 1. The van der Waals surface area contributed by atoms with Crippen LogP contribution in [0.15, 0.2) is 47.3 Å². The van der Waals surface area contributed by atoms with Gasteiger partial charge in [-0.25, -0.2) is 8.42 Å². The zero-order valence-electron chi connectivity index (χ0n) is 17.3. The van der Waals surface area contributed by atoms with E-state index in [0.717, 1.165) is 10.9 Å². The van der Waals surface area contributed by atoms with Crippen LogP contribution in [0.2, 0.25) is 0 Å². The molecule has 0 unspecified atom stereocenters. The van der Waals surface area contributed by atoms with Crippen LogP contribution in [0.4, 0.5) is 11.4 Å². The number of nitrogens with zero attached hydrogens (tertiary/aromatic N) is 1. The number of aromatic nitrogens is 1. The minimum atomic E-state index is -3.36. The Morgan fingerprint density at radius 2 is 2.00 bits per heavy atom. The number of hydrogen-bond acceptors (Lipinski definition) is 5. The van der Waals surface area contributed by atoms with Crippen molar-refractivity contribution in [1.29, 1.82) is 0 Å². The van der Waals surface area contributed by atoms with Gasteiger partial charge in [-0.05, 0) is 54.1 Å². The largest absolute Gasteiger partial charge is 0.497 e. The van der Waals surface area contributed by atoms with E-state index in [1.807, 2.05) is 18.2 Å². The van der Waals surface area contributed by atoms with E-state index in [-0.39, 0.29) is 24.3 Å². The zero-order chi connectivity index (χ0) is 22.2. The van der Waals surface area contributed by atoms with Gasteiger partial charge >= 0.3 is 0 Å². The lowest BCUT2D eigenvalue weighted by molar-refractivity contribution is -0.116. The Morgan fingerprint density at radius 1 is 1.19 bits per heavy atom. The summed E-state index contributed by atoms with van der Waals surface area (Å²) in [6.45, 7) is 0.405. The SMILES string of the molecule is COc1ccc2cc(CCC(=O)Nc3ccc4c(c3)N(S(C)(=O)=O)CC4)c(=O)[nH]c2c1. The number of aromatic amines is 1. The van der Waals surface area contributed by atoms with Crippen LogP contribution in [0.3, 0.4) is 0 Å². The number of H-pyrrole nitrogens is 1. The van der Waals surface area contributed by atoms with E-state index in [4.69, 9.17) is 4.74 Å². The van der Waals surface area contributed by atoms with Crippen molar-refractivity contribution in [3.8, 4) is 5.75 Å². The van der Waals surface area contributed by atoms with Crippen molar-refractivity contribution in [3.63, 3.8) is 0 Å². The van der Waals surface area contributed by atoms with Crippen LogP contribution in [0, 0.1) is 0 Å². The van der Waals surface area contributed by atoms with Crippen molar-refractivity contribution < 1.29 is 17.9 Å². The van der Waals surface area contributed by atoms with Crippen molar-refractivity contribution >= 4 is 38.2 Å². The molecule has 0 aliphatic carbocycles. The Labute approximate surface area is 179 Å². The third-order valence-electron chi connectivity index (χ3n) is 5.37. The van der Waals surface area contributed by atoms with Gasteiger partial charge in [-0.15, -0.1) is 0 Å². The van der Waals surface area contributed by atoms with E-state index in [1.54, 1.807) is 31.4 Å². The molecule has 0 atom stereocenters. The van der Waals surface area contributed by atoms with Crippen molar-refractivity contribution in [2.45, 2.75) is 19.3 Å². The highest BCUT2D eigenvalue weighted by Crippen LogP contribution is 2.32. The molecule has 8 nitrogen and oxygen atoms in total. The molecule has 4 rings (SSSR count). The van der Waals surface area contributed by atoms with Crippen LogP contribution < -0.4 is 19.9 Å². The molecule has 162 valence electrons. The predicted molar refractivity (Wildman–Crippen MR) is 120 cm³/mol. The van der Waals surface area contributed by atoms with Gasteiger partial charge in [0.1, 0.15) is 5.75 Å². The van der Waals surface area contributed by atoms with Gasteiger partial charge in [0.05, 0.1) is 24.6 Å². The quantitative estimate of drug-likeness (QED) is 0.611. The molecule has 0 bridgehead atoms. The second-order valence-corrected chi connectivity index (χ2v) is 9.46. The first-order chi connectivity index (χ1) is 14.7. The fourth-order valence-corrected chi connectivity index (χ4v) is 4.73. The second kappa shape index (κ2) is 8.07. The van der Waals surface area contributed by atoms with Gasteiger partial charge in [-0.1, -0.05) is 6.07 Å². The van der Waals surface area contributed by atoms with Crippen LogP contribution in [0.1, 0.15) is 17.5 Å². The summed E-state index contributed by atoms with van der Waals surface area (Å²) in [6, 6.07) is 12.5. The van der Waals surface area contributed by atoms with Gasteiger partial charge in [-0.2, -0.15) is 0 Å². The van der Waals surface area contributed by atoms with Crippen LogP contribution in [-0.2, 0) is 27.7 Å². The monoisotopic (exact) mass is 441 g/mol. The highest BCUT2D eigenvalue weighted by Gasteiger charge is 2.26. The molecule has 0 saturated heterocycles. The van der Waals surface area contributed by atoms with E-state index in [9.17, 15) is 18.0 Å². The highest BCUT2D eigenvalue weighted by atomic mass is 32.2. The molecule has 0 saturated carbocycles. The molecule has 31 heavy (non-hydrogen) atoms. The summed E-state index contributed by atoms with van der Waals surface area (Å²) in [5, 5.41) is 3.65. The molecule has 3 aromatic rings. The molecule has 1 aromatic heterocycles. The molecule has 0 radical (unpaired) electrons. The molecule has 2 N–H and O–H groups in total. The maximum absolute atomic E-state index is 12.5. The maximum Gasteiger partial charge on any atom is 0.251 e. The van der Waals surface area contributed by atoms with Gasteiger partial charge in [0.25, 0.3) is 5.56 Å². The molecular weight excluding hydrogens is 418 g/mol. The number of carbonyl (C=O) groups is 1. The van der Waals surface area contributed by atoms with Gasteiger partial charge in [-0.3, -0.25) is 13.9 Å². The normalized spacial score (nSPS) is 13.3. The Kier molecular flexibility index (Phi) is 5.45. The lowest BCUT2D eigenvalue weighted by Crippen LogP contribution is -2.27. The molecule has 0 spiro atoms. The third kappa shape index (κ3) is 4.41. The van der Waals surface area contributed by atoms with Gasteiger partial charge < -0.3 is 15.0 Å². The summed E-state index contributed by atoms with van der Waals surface area (Å²) in [6.07, 6.45) is 2.22. The van der Waals surface area contributed by atoms with Crippen LogP contribution in [0.25, 0.3) is 10.9 Å². The maximum atomic E-state index is 12.5. The number of methoxy groups -OCH3 is 1. The average molecular weight is 442 g/mol. The second-order valence-electron chi connectivity index (χ2n) is 7.55. The number of anilines is 2. The smallest absolute Gasteiger partial charge is 0.251 e. The van der Waals surface area contributed by atoms with E-state index in [2.05, 4.69) is 10.3 Å². The zero-order valence-corrected chi connectivity index (χ0v) is 18.1. The Morgan fingerprint density at radius 3 is 2.74 bits per heavy atom. The number of benzene rings is 2. The molecule has 1 aliphatic heterocycles. The first-order valence-electron chi connectivity index (χ1n) is 9.85. The summed E-state index contributed by atoms with van der Waals surface area (Å²) in [5.41, 5.74) is 3.01. The number of amides is 1.